The van der Waals surface area contributed by atoms with Crippen molar-refractivity contribution in [2.45, 2.75) is 12.8 Å². The molecule has 7 nitrogen and oxygen atoms in total. The van der Waals surface area contributed by atoms with Gasteiger partial charge < -0.3 is 19.7 Å². The first-order valence-electron chi connectivity index (χ1n) is 8.09. The highest BCUT2D eigenvalue weighted by atomic mass is 16.6. The Balaban J connectivity index is 1.45. The molecule has 24 heavy (non-hydrogen) atoms. The van der Waals surface area contributed by atoms with Crippen molar-refractivity contribution in [1.29, 1.82) is 0 Å². The van der Waals surface area contributed by atoms with E-state index in [1.54, 1.807) is 24.3 Å². The third-order valence-corrected chi connectivity index (χ3v) is 4.11. The smallest absolute Gasteiger partial charge is 0.276 e. The standard InChI is InChI=1S/C17H18N4O3/c22-17(13-4-6-16(20-19-13)21-7-1-2-8-21)18-12-3-5-14-15(11-12)24-10-9-23-14/h3-6,11H,1-2,7-10H2,(H,18,22). The number of carbonyl (C=O) groups is 1. The van der Waals surface area contributed by atoms with Gasteiger partial charge in [-0.1, -0.05) is 0 Å². The Labute approximate surface area is 139 Å². The van der Waals surface area contributed by atoms with Gasteiger partial charge in [0.2, 0.25) is 0 Å². The van der Waals surface area contributed by atoms with Gasteiger partial charge in [-0.2, -0.15) is 0 Å². The van der Waals surface area contributed by atoms with E-state index in [1.807, 2.05) is 6.07 Å². The maximum Gasteiger partial charge on any atom is 0.276 e. The van der Waals surface area contributed by atoms with Crippen molar-refractivity contribution in [2.75, 3.05) is 36.5 Å². The zero-order valence-electron chi connectivity index (χ0n) is 13.2. The average molecular weight is 326 g/mol. The lowest BCUT2D eigenvalue weighted by Gasteiger charge is -2.19. The Morgan fingerprint density at radius 1 is 1.00 bits per heavy atom. The molecule has 2 aliphatic heterocycles. The van der Waals surface area contributed by atoms with Crippen LogP contribution in [0.4, 0.5) is 11.5 Å². The van der Waals surface area contributed by atoms with Crippen LogP contribution in [0.25, 0.3) is 0 Å². The number of rotatable bonds is 3. The largest absolute Gasteiger partial charge is 0.486 e. The summed E-state index contributed by atoms with van der Waals surface area (Å²) in [7, 11) is 0. The summed E-state index contributed by atoms with van der Waals surface area (Å²) in [6.45, 7) is 3.04. The molecule has 2 aromatic rings. The number of aromatic nitrogens is 2. The molecule has 2 aliphatic rings. The molecular weight excluding hydrogens is 308 g/mol. The van der Waals surface area contributed by atoms with Gasteiger partial charge in [-0.3, -0.25) is 4.79 Å². The molecule has 0 unspecified atom stereocenters. The summed E-state index contributed by atoms with van der Waals surface area (Å²) in [6, 6.07) is 8.85. The molecule has 4 rings (SSSR count). The fourth-order valence-electron chi connectivity index (χ4n) is 2.88. The second-order valence-electron chi connectivity index (χ2n) is 5.78. The Bertz CT molecular complexity index is 742. The molecule has 1 fully saturated rings. The maximum absolute atomic E-state index is 12.3. The van der Waals surface area contributed by atoms with Crippen LogP contribution in [0.5, 0.6) is 11.5 Å². The number of fused-ring (bicyclic) bond motifs is 1. The predicted molar refractivity (Wildman–Crippen MR) is 88.9 cm³/mol. The minimum Gasteiger partial charge on any atom is -0.486 e. The van der Waals surface area contributed by atoms with E-state index < -0.39 is 0 Å². The average Bonchev–Trinajstić information content (AvgIpc) is 3.16. The molecule has 124 valence electrons. The molecule has 0 saturated carbocycles. The van der Waals surface area contributed by atoms with Crippen LogP contribution in [0, 0.1) is 0 Å². The molecule has 1 amide bonds. The summed E-state index contributed by atoms with van der Waals surface area (Å²) in [6.07, 6.45) is 2.35. The van der Waals surface area contributed by atoms with Gasteiger partial charge in [0.05, 0.1) is 0 Å². The molecule has 0 atom stereocenters. The van der Waals surface area contributed by atoms with Gasteiger partial charge in [-0.05, 0) is 37.1 Å². The minimum atomic E-state index is -0.299. The summed E-state index contributed by atoms with van der Waals surface area (Å²) in [5.74, 6) is 1.85. The molecular formula is C17H18N4O3. The van der Waals surface area contributed by atoms with Crippen molar-refractivity contribution >= 4 is 17.4 Å². The summed E-state index contributed by atoms with van der Waals surface area (Å²) in [5.41, 5.74) is 0.919. The second kappa shape index (κ2) is 6.35. The number of nitrogens with zero attached hydrogens (tertiary/aromatic N) is 3. The van der Waals surface area contributed by atoms with E-state index >= 15 is 0 Å². The van der Waals surface area contributed by atoms with Crippen molar-refractivity contribution in [2.24, 2.45) is 0 Å². The molecule has 0 radical (unpaired) electrons. The lowest BCUT2D eigenvalue weighted by molar-refractivity contribution is 0.102. The van der Waals surface area contributed by atoms with Gasteiger partial charge in [0.15, 0.2) is 23.0 Å². The molecule has 1 N–H and O–H groups in total. The third kappa shape index (κ3) is 2.97. The van der Waals surface area contributed by atoms with Gasteiger partial charge >= 0.3 is 0 Å². The van der Waals surface area contributed by atoms with Crippen LogP contribution in [-0.4, -0.2) is 42.4 Å². The van der Waals surface area contributed by atoms with E-state index in [0.29, 0.717) is 30.4 Å². The van der Waals surface area contributed by atoms with Crippen LogP contribution in [-0.2, 0) is 0 Å². The molecule has 0 bridgehead atoms. The quantitative estimate of drug-likeness (QED) is 0.931. The fraction of sp³-hybridized carbons (Fsp3) is 0.353. The van der Waals surface area contributed by atoms with Crippen molar-refractivity contribution in [1.82, 2.24) is 10.2 Å². The molecule has 7 heteroatoms. The molecule has 1 aromatic carbocycles. The van der Waals surface area contributed by atoms with Crippen molar-refractivity contribution in [3.63, 3.8) is 0 Å². The predicted octanol–water partition coefficient (Wildman–Crippen LogP) is 2.10. The third-order valence-electron chi connectivity index (χ3n) is 4.11. The van der Waals surface area contributed by atoms with Gasteiger partial charge in [0.25, 0.3) is 5.91 Å². The number of carbonyl (C=O) groups excluding carboxylic acids is 1. The van der Waals surface area contributed by atoms with Crippen LogP contribution in [0.3, 0.4) is 0 Å². The highest BCUT2D eigenvalue weighted by Crippen LogP contribution is 2.32. The Morgan fingerprint density at radius 2 is 1.79 bits per heavy atom. The second-order valence-corrected chi connectivity index (χ2v) is 5.78. The number of ether oxygens (including phenoxy) is 2. The minimum absolute atomic E-state index is 0.285. The molecule has 1 saturated heterocycles. The van der Waals surface area contributed by atoms with Crippen molar-refractivity contribution in [3.8, 4) is 11.5 Å². The highest BCUT2D eigenvalue weighted by molar-refractivity contribution is 6.03. The van der Waals surface area contributed by atoms with Crippen molar-refractivity contribution in [3.05, 3.63) is 36.0 Å². The van der Waals surface area contributed by atoms with Gasteiger partial charge in [0, 0.05) is 24.8 Å². The van der Waals surface area contributed by atoms with Crippen LogP contribution in [0.1, 0.15) is 23.3 Å². The lowest BCUT2D eigenvalue weighted by atomic mass is 10.2. The Morgan fingerprint density at radius 3 is 2.54 bits per heavy atom. The topological polar surface area (TPSA) is 76.6 Å². The van der Waals surface area contributed by atoms with E-state index in [-0.39, 0.29) is 11.6 Å². The number of amides is 1. The van der Waals surface area contributed by atoms with E-state index in [0.717, 1.165) is 18.9 Å². The SMILES string of the molecule is O=C(Nc1ccc2c(c1)OCCO2)c1ccc(N2CCCC2)nn1. The van der Waals surface area contributed by atoms with Crippen LogP contribution in [0.2, 0.25) is 0 Å². The van der Waals surface area contributed by atoms with E-state index in [9.17, 15) is 4.79 Å². The lowest BCUT2D eigenvalue weighted by Crippen LogP contribution is -2.21. The van der Waals surface area contributed by atoms with Crippen LogP contribution in [0.15, 0.2) is 30.3 Å². The maximum atomic E-state index is 12.3. The van der Waals surface area contributed by atoms with Crippen molar-refractivity contribution < 1.29 is 14.3 Å². The normalized spacial score (nSPS) is 16.1. The van der Waals surface area contributed by atoms with Crippen LogP contribution >= 0.6 is 0 Å². The monoisotopic (exact) mass is 326 g/mol. The Hall–Kier alpha value is -2.83. The summed E-state index contributed by atoms with van der Waals surface area (Å²) in [4.78, 5) is 14.5. The van der Waals surface area contributed by atoms with E-state index in [4.69, 9.17) is 9.47 Å². The van der Waals surface area contributed by atoms with Gasteiger partial charge in [-0.15, -0.1) is 10.2 Å². The first-order chi connectivity index (χ1) is 11.8. The Kier molecular flexibility index (Phi) is 3.90. The molecule has 3 heterocycles. The molecule has 0 spiro atoms. The number of benzene rings is 1. The highest BCUT2D eigenvalue weighted by Gasteiger charge is 2.16. The summed E-state index contributed by atoms with van der Waals surface area (Å²) in [5, 5.41) is 11.0. The first-order valence-corrected chi connectivity index (χ1v) is 8.09. The zero-order chi connectivity index (χ0) is 16.4. The van der Waals surface area contributed by atoms with Crippen LogP contribution < -0.4 is 19.7 Å². The van der Waals surface area contributed by atoms with Gasteiger partial charge in [0.1, 0.15) is 13.2 Å². The van der Waals surface area contributed by atoms with E-state index in [2.05, 4.69) is 20.4 Å². The number of anilines is 2. The fourth-order valence-corrected chi connectivity index (χ4v) is 2.88. The number of nitrogens with one attached hydrogen (secondary N) is 1. The summed E-state index contributed by atoms with van der Waals surface area (Å²) < 4.78 is 11.0. The molecule has 0 aliphatic carbocycles. The summed E-state index contributed by atoms with van der Waals surface area (Å²) >= 11 is 0. The zero-order valence-corrected chi connectivity index (χ0v) is 13.2. The van der Waals surface area contributed by atoms with E-state index in [1.165, 1.54) is 12.8 Å². The first kappa shape index (κ1) is 14.7. The number of hydrogen-bond donors (Lipinski definition) is 1. The molecule has 1 aromatic heterocycles. The number of hydrogen-bond acceptors (Lipinski definition) is 6. The van der Waals surface area contributed by atoms with Gasteiger partial charge in [-0.25, -0.2) is 0 Å².